The Labute approximate surface area is 96.0 Å². The zero-order valence-electron chi connectivity index (χ0n) is 7.79. The molecule has 0 bridgehead atoms. The summed E-state index contributed by atoms with van der Waals surface area (Å²) < 4.78 is 35.2. The van der Waals surface area contributed by atoms with Gasteiger partial charge in [0.05, 0.1) is 5.75 Å². The van der Waals surface area contributed by atoms with Crippen LogP contribution < -0.4 is 5.73 Å². The first-order valence-corrected chi connectivity index (χ1v) is 5.11. The molecular formula is C7H12ClF3N2OS. The number of hydrogen-bond donors (Lipinski definition) is 1. The SMILES string of the molecule is Cl.NC1CCN(C(=O)CSC(F)(F)F)C1. The maximum Gasteiger partial charge on any atom is 0.442 e. The predicted octanol–water partition coefficient (Wildman–Crippen LogP) is 1.22. The van der Waals surface area contributed by atoms with Crippen molar-refractivity contribution < 1.29 is 18.0 Å². The van der Waals surface area contributed by atoms with Gasteiger partial charge in [0.25, 0.3) is 0 Å². The van der Waals surface area contributed by atoms with E-state index in [1.165, 1.54) is 4.90 Å². The molecule has 0 saturated carbocycles. The quantitative estimate of drug-likeness (QED) is 0.816. The Kier molecular flexibility index (Phi) is 5.76. The Balaban J connectivity index is 0.00000196. The summed E-state index contributed by atoms with van der Waals surface area (Å²) in [5.41, 5.74) is 1.19. The summed E-state index contributed by atoms with van der Waals surface area (Å²) in [4.78, 5) is 12.6. The standard InChI is InChI=1S/C7H11F3N2OS.ClH/c8-7(9,10)14-4-6(13)12-2-1-5(11)3-12;/h5H,1-4,11H2;1H. The van der Waals surface area contributed by atoms with E-state index in [0.717, 1.165) is 0 Å². The maximum atomic E-state index is 11.7. The number of nitrogens with zero attached hydrogens (tertiary/aromatic N) is 1. The number of hydrogen-bond acceptors (Lipinski definition) is 3. The molecule has 8 heteroatoms. The van der Waals surface area contributed by atoms with Crippen LogP contribution in [-0.2, 0) is 4.79 Å². The van der Waals surface area contributed by atoms with Gasteiger partial charge in [-0.1, -0.05) is 0 Å². The molecule has 1 amide bonds. The zero-order chi connectivity index (χ0) is 10.8. The topological polar surface area (TPSA) is 46.3 Å². The number of carbonyl (C=O) groups excluding carboxylic acids is 1. The van der Waals surface area contributed by atoms with Crippen LogP contribution in [0.4, 0.5) is 13.2 Å². The third-order valence-electron chi connectivity index (χ3n) is 1.94. The van der Waals surface area contributed by atoms with Crippen LogP contribution in [0.3, 0.4) is 0 Å². The van der Waals surface area contributed by atoms with E-state index in [4.69, 9.17) is 5.73 Å². The molecule has 0 aromatic rings. The summed E-state index contributed by atoms with van der Waals surface area (Å²) in [7, 11) is 0. The van der Waals surface area contributed by atoms with Gasteiger partial charge in [-0.25, -0.2) is 0 Å². The van der Waals surface area contributed by atoms with Gasteiger partial charge in [-0.3, -0.25) is 4.79 Å². The summed E-state index contributed by atoms with van der Waals surface area (Å²) in [6.07, 6.45) is 0.669. The van der Waals surface area contributed by atoms with Crippen molar-refractivity contribution in [3.05, 3.63) is 0 Å². The molecular weight excluding hydrogens is 253 g/mol. The molecule has 0 spiro atoms. The molecule has 1 heterocycles. The van der Waals surface area contributed by atoms with Gasteiger partial charge >= 0.3 is 5.51 Å². The molecule has 1 saturated heterocycles. The monoisotopic (exact) mass is 264 g/mol. The number of nitrogens with two attached hydrogens (primary N) is 1. The highest BCUT2D eigenvalue weighted by molar-refractivity contribution is 8.00. The Morgan fingerprint density at radius 2 is 2.13 bits per heavy atom. The molecule has 1 aliphatic heterocycles. The summed E-state index contributed by atoms with van der Waals surface area (Å²) in [5, 5.41) is 0. The molecule has 0 radical (unpaired) electrons. The van der Waals surface area contributed by atoms with Crippen molar-refractivity contribution in [1.29, 1.82) is 0 Å². The molecule has 1 fully saturated rings. The van der Waals surface area contributed by atoms with Crippen LogP contribution in [0, 0.1) is 0 Å². The van der Waals surface area contributed by atoms with Crippen molar-refractivity contribution in [2.75, 3.05) is 18.8 Å². The number of carbonyl (C=O) groups is 1. The van der Waals surface area contributed by atoms with Gasteiger partial charge in [-0.15, -0.1) is 12.4 Å². The zero-order valence-corrected chi connectivity index (χ0v) is 9.42. The van der Waals surface area contributed by atoms with Crippen LogP contribution in [0.1, 0.15) is 6.42 Å². The van der Waals surface area contributed by atoms with Gasteiger partial charge in [0.2, 0.25) is 5.91 Å². The fourth-order valence-corrected chi connectivity index (χ4v) is 1.72. The lowest BCUT2D eigenvalue weighted by Crippen LogP contribution is -2.33. The minimum absolute atomic E-state index is 0. The molecule has 90 valence electrons. The predicted molar refractivity (Wildman–Crippen MR) is 54.9 cm³/mol. The van der Waals surface area contributed by atoms with E-state index >= 15 is 0 Å². The molecule has 3 nitrogen and oxygen atoms in total. The third kappa shape index (κ3) is 5.48. The van der Waals surface area contributed by atoms with Crippen LogP contribution in [0.2, 0.25) is 0 Å². The molecule has 0 aliphatic carbocycles. The molecule has 1 atom stereocenters. The van der Waals surface area contributed by atoms with Gasteiger partial charge in [0.15, 0.2) is 0 Å². The lowest BCUT2D eigenvalue weighted by molar-refractivity contribution is -0.127. The van der Waals surface area contributed by atoms with Gasteiger partial charge in [-0.05, 0) is 18.2 Å². The fourth-order valence-electron chi connectivity index (χ4n) is 1.25. The van der Waals surface area contributed by atoms with Gasteiger partial charge in [-0.2, -0.15) is 13.2 Å². The lowest BCUT2D eigenvalue weighted by atomic mass is 10.3. The van der Waals surface area contributed by atoms with Crippen LogP contribution in [0.5, 0.6) is 0 Å². The number of halogens is 4. The average Bonchev–Trinajstić information content (AvgIpc) is 2.46. The minimum Gasteiger partial charge on any atom is -0.340 e. The second kappa shape index (κ2) is 5.81. The summed E-state index contributed by atoms with van der Waals surface area (Å²) >= 11 is -0.302. The summed E-state index contributed by atoms with van der Waals surface area (Å²) in [5.74, 6) is -1.03. The van der Waals surface area contributed by atoms with Crippen molar-refractivity contribution in [1.82, 2.24) is 4.90 Å². The van der Waals surface area contributed by atoms with E-state index in [0.29, 0.717) is 19.5 Å². The summed E-state index contributed by atoms with van der Waals surface area (Å²) in [6.45, 7) is 0.843. The second-order valence-corrected chi connectivity index (χ2v) is 4.16. The largest absolute Gasteiger partial charge is 0.442 e. The Morgan fingerprint density at radius 1 is 1.53 bits per heavy atom. The maximum absolute atomic E-state index is 11.7. The normalized spacial score (nSPS) is 21.3. The van der Waals surface area contributed by atoms with Crippen LogP contribution >= 0.6 is 24.2 Å². The first-order valence-electron chi connectivity index (χ1n) is 4.12. The molecule has 0 aromatic carbocycles. The number of alkyl halides is 3. The van der Waals surface area contributed by atoms with Gasteiger partial charge < -0.3 is 10.6 Å². The average molecular weight is 265 g/mol. The van der Waals surface area contributed by atoms with Crippen molar-refractivity contribution in [3.8, 4) is 0 Å². The van der Waals surface area contributed by atoms with Gasteiger partial charge in [0.1, 0.15) is 0 Å². The Morgan fingerprint density at radius 3 is 2.53 bits per heavy atom. The van der Waals surface area contributed by atoms with Gasteiger partial charge in [0, 0.05) is 19.1 Å². The lowest BCUT2D eigenvalue weighted by Gasteiger charge is -2.15. The number of amides is 1. The second-order valence-electron chi connectivity index (χ2n) is 3.12. The molecule has 1 unspecified atom stereocenters. The van der Waals surface area contributed by atoms with E-state index < -0.39 is 17.2 Å². The van der Waals surface area contributed by atoms with Crippen LogP contribution in [0.25, 0.3) is 0 Å². The number of rotatable bonds is 2. The Bertz CT molecular complexity index is 227. The number of thioether (sulfide) groups is 1. The highest BCUT2D eigenvalue weighted by atomic mass is 35.5. The molecule has 2 N–H and O–H groups in total. The van der Waals surface area contributed by atoms with E-state index in [9.17, 15) is 18.0 Å². The molecule has 0 aromatic heterocycles. The highest BCUT2D eigenvalue weighted by Crippen LogP contribution is 2.30. The minimum atomic E-state index is -4.34. The third-order valence-corrected chi connectivity index (χ3v) is 2.66. The molecule has 1 aliphatic rings. The number of likely N-dealkylation sites (tertiary alicyclic amines) is 1. The molecule has 15 heavy (non-hydrogen) atoms. The highest BCUT2D eigenvalue weighted by Gasteiger charge is 2.31. The first-order chi connectivity index (χ1) is 6.38. The summed E-state index contributed by atoms with van der Waals surface area (Å²) in [6, 6.07) is -0.0881. The Hall–Kier alpha value is -0.140. The smallest absolute Gasteiger partial charge is 0.340 e. The van der Waals surface area contributed by atoms with E-state index in [-0.39, 0.29) is 30.2 Å². The van der Waals surface area contributed by atoms with Crippen molar-refractivity contribution in [2.24, 2.45) is 5.73 Å². The fraction of sp³-hybridized carbons (Fsp3) is 0.857. The van der Waals surface area contributed by atoms with E-state index in [1.807, 2.05) is 0 Å². The van der Waals surface area contributed by atoms with Crippen molar-refractivity contribution in [2.45, 2.75) is 18.0 Å². The van der Waals surface area contributed by atoms with Crippen LogP contribution in [-0.4, -0.2) is 41.2 Å². The van der Waals surface area contributed by atoms with E-state index in [2.05, 4.69) is 0 Å². The first kappa shape index (κ1) is 14.9. The van der Waals surface area contributed by atoms with Crippen molar-refractivity contribution >= 4 is 30.1 Å². The van der Waals surface area contributed by atoms with Crippen molar-refractivity contribution in [3.63, 3.8) is 0 Å². The van der Waals surface area contributed by atoms with E-state index in [1.54, 1.807) is 0 Å². The molecule has 1 rings (SSSR count). The van der Waals surface area contributed by atoms with Crippen LogP contribution in [0.15, 0.2) is 0 Å².